The first-order valence-electron chi connectivity index (χ1n) is 3.25. The number of hydrogen-bond acceptors (Lipinski definition) is 2. The molecule has 2 nitrogen and oxygen atoms in total. The summed E-state index contributed by atoms with van der Waals surface area (Å²) in [6.45, 7) is 5.46. The average Bonchev–Trinajstić information content (AvgIpc) is 1.86. The van der Waals surface area contributed by atoms with E-state index in [1.54, 1.807) is 6.92 Å². The number of hydrogen-bond donors (Lipinski definition) is 1. The molecule has 54 valence electrons. The summed E-state index contributed by atoms with van der Waals surface area (Å²) in [6.07, 6.45) is 1.12. The van der Waals surface area contributed by atoms with E-state index in [9.17, 15) is 9.90 Å². The van der Waals surface area contributed by atoms with Gasteiger partial charge in [-0.05, 0) is 12.3 Å². The molecule has 0 aromatic rings. The quantitative estimate of drug-likeness (QED) is 0.578. The van der Waals surface area contributed by atoms with Crippen LogP contribution in [0.3, 0.4) is 0 Å². The standard InChI is InChI=1S/C7H14O2/c1-4-7(9,5-8)6(2)3/h5-6,9H,4H2,1-3H3. The van der Waals surface area contributed by atoms with Gasteiger partial charge in [0.2, 0.25) is 0 Å². The average molecular weight is 130 g/mol. The summed E-state index contributed by atoms with van der Waals surface area (Å²) in [4.78, 5) is 10.2. The fourth-order valence-electron chi connectivity index (χ4n) is 0.628. The maximum Gasteiger partial charge on any atom is 0.151 e. The van der Waals surface area contributed by atoms with Crippen molar-refractivity contribution in [3.63, 3.8) is 0 Å². The second-order valence-electron chi connectivity index (χ2n) is 2.62. The van der Waals surface area contributed by atoms with Gasteiger partial charge in [-0.15, -0.1) is 0 Å². The Hall–Kier alpha value is -0.370. The topological polar surface area (TPSA) is 37.3 Å². The summed E-state index contributed by atoms with van der Waals surface area (Å²) in [5.74, 6) is 0.0139. The van der Waals surface area contributed by atoms with Gasteiger partial charge in [0.25, 0.3) is 0 Å². The first kappa shape index (κ1) is 8.63. The molecule has 1 atom stereocenters. The lowest BCUT2D eigenvalue weighted by Gasteiger charge is -2.23. The summed E-state index contributed by atoms with van der Waals surface area (Å²) in [5.41, 5.74) is -1.10. The molecule has 0 rings (SSSR count). The first-order valence-corrected chi connectivity index (χ1v) is 3.25. The second kappa shape index (κ2) is 2.97. The van der Waals surface area contributed by atoms with Gasteiger partial charge in [0.1, 0.15) is 5.60 Å². The minimum atomic E-state index is -1.10. The molecule has 0 bridgehead atoms. The predicted octanol–water partition coefficient (Wildman–Crippen LogP) is 0.982. The van der Waals surface area contributed by atoms with Crippen LogP contribution in [0.4, 0.5) is 0 Å². The molecule has 0 fully saturated rings. The lowest BCUT2D eigenvalue weighted by atomic mass is 9.90. The zero-order valence-electron chi connectivity index (χ0n) is 6.22. The Morgan fingerprint density at radius 2 is 2.11 bits per heavy atom. The number of carbonyl (C=O) groups is 1. The molecule has 0 radical (unpaired) electrons. The van der Waals surface area contributed by atoms with E-state index in [1.807, 2.05) is 13.8 Å². The van der Waals surface area contributed by atoms with E-state index >= 15 is 0 Å². The van der Waals surface area contributed by atoms with Gasteiger partial charge in [0, 0.05) is 0 Å². The molecule has 0 aliphatic heterocycles. The van der Waals surface area contributed by atoms with E-state index in [-0.39, 0.29) is 5.92 Å². The van der Waals surface area contributed by atoms with Gasteiger partial charge in [-0.1, -0.05) is 20.8 Å². The summed E-state index contributed by atoms with van der Waals surface area (Å²) in [5, 5.41) is 9.34. The van der Waals surface area contributed by atoms with Crippen LogP contribution >= 0.6 is 0 Å². The molecule has 0 heterocycles. The SMILES string of the molecule is CCC(O)(C=O)C(C)C. The largest absolute Gasteiger partial charge is 0.382 e. The van der Waals surface area contributed by atoms with Crippen LogP contribution in [0.25, 0.3) is 0 Å². The van der Waals surface area contributed by atoms with Gasteiger partial charge < -0.3 is 9.90 Å². The van der Waals surface area contributed by atoms with Crippen molar-refractivity contribution < 1.29 is 9.90 Å². The van der Waals surface area contributed by atoms with Crippen LogP contribution in [0.2, 0.25) is 0 Å². The molecule has 1 N–H and O–H groups in total. The molecule has 1 unspecified atom stereocenters. The zero-order valence-corrected chi connectivity index (χ0v) is 6.22. The van der Waals surface area contributed by atoms with Crippen molar-refractivity contribution in [1.29, 1.82) is 0 Å². The van der Waals surface area contributed by atoms with E-state index in [1.165, 1.54) is 0 Å². The molecule has 0 saturated carbocycles. The molecule has 0 saturated heterocycles. The van der Waals surface area contributed by atoms with Crippen LogP contribution in [-0.4, -0.2) is 17.0 Å². The van der Waals surface area contributed by atoms with Gasteiger partial charge in [-0.3, -0.25) is 0 Å². The highest BCUT2D eigenvalue weighted by Gasteiger charge is 2.27. The highest BCUT2D eigenvalue weighted by Crippen LogP contribution is 2.17. The van der Waals surface area contributed by atoms with Crippen LogP contribution in [-0.2, 0) is 4.79 Å². The minimum absolute atomic E-state index is 0.0139. The first-order chi connectivity index (χ1) is 4.06. The number of aliphatic hydroxyl groups is 1. The van der Waals surface area contributed by atoms with E-state index in [0.717, 1.165) is 0 Å². The second-order valence-corrected chi connectivity index (χ2v) is 2.62. The minimum Gasteiger partial charge on any atom is -0.382 e. The molecule has 0 aromatic carbocycles. The Bertz CT molecular complexity index is 99.1. The summed E-state index contributed by atoms with van der Waals surface area (Å²) in [7, 11) is 0. The number of aldehydes is 1. The predicted molar refractivity (Wildman–Crippen MR) is 36.1 cm³/mol. The van der Waals surface area contributed by atoms with Crippen LogP contribution < -0.4 is 0 Å². The Kier molecular flexibility index (Phi) is 2.85. The molecule has 0 aliphatic rings. The molecule has 0 aromatic heterocycles. The molecule has 0 amide bonds. The van der Waals surface area contributed by atoms with Crippen molar-refractivity contribution >= 4 is 6.29 Å². The monoisotopic (exact) mass is 130 g/mol. The molecule has 0 aliphatic carbocycles. The van der Waals surface area contributed by atoms with E-state index < -0.39 is 5.60 Å². The molecule has 0 spiro atoms. The Balaban J connectivity index is 4.08. The maximum absolute atomic E-state index is 10.2. The highest BCUT2D eigenvalue weighted by atomic mass is 16.3. The zero-order chi connectivity index (χ0) is 7.49. The van der Waals surface area contributed by atoms with Crippen molar-refractivity contribution in [1.82, 2.24) is 0 Å². The van der Waals surface area contributed by atoms with Crippen LogP contribution in [0.15, 0.2) is 0 Å². The smallest absolute Gasteiger partial charge is 0.151 e. The lowest BCUT2D eigenvalue weighted by molar-refractivity contribution is -0.128. The molecule has 9 heavy (non-hydrogen) atoms. The van der Waals surface area contributed by atoms with Crippen LogP contribution in [0.1, 0.15) is 27.2 Å². The normalized spacial score (nSPS) is 17.4. The van der Waals surface area contributed by atoms with Crippen molar-refractivity contribution in [3.05, 3.63) is 0 Å². The van der Waals surface area contributed by atoms with Crippen molar-refractivity contribution in [2.24, 2.45) is 5.92 Å². The Morgan fingerprint density at radius 3 is 2.11 bits per heavy atom. The lowest BCUT2D eigenvalue weighted by Crippen LogP contribution is -2.35. The third-order valence-electron chi connectivity index (χ3n) is 1.77. The summed E-state index contributed by atoms with van der Waals surface area (Å²) in [6, 6.07) is 0. The summed E-state index contributed by atoms with van der Waals surface area (Å²) < 4.78 is 0. The molecular weight excluding hydrogens is 116 g/mol. The molecule has 2 heteroatoms. The maximum atomic E-state index is 10.2. The van der Waals surface area contributed by atoms with Crippen molar-refractivity contribution in [3.8, 4) is 0 Å². The van der Waals surface area contributed by atoms with Gasteiger partial charge in [-0.25, -0.2) is 0 Å². The van der Waals surface area contributed by atoms with Gasteiger partial charge in [0.15, 0.2) is 6.29 Å². The van der Waals surface area contributed by atoms with Gasteiger partial charge in [-0.2, -0.15) is 0 Å². The third-order valence-corrected chi connectivity index (χ3v) is 1.77. The summed E-state index contributed by atoms with van der Waals surface area (Å²) >= 11 is 0. The Morgan fingerprint density at radius 1 is 1.67 bits per heavy atom. The highest BCUT2D eigenvalue weighted by molar-refractivity contribution is 5.62. The van der Waals surface area contributed by atoms with Crippen LogP contribution in [0, 0.1) is 5.92 Å². The number of rotatable bonds is 3. The van der Waals surface area contributed by atoms with E-state index in [2.05, 4.69) is 0 Å². The fraction of sp³-hybridized carbons (Fsp3) is 0.857. The van der Waals surface area contributed by atoms with E-state index in [0.29, 0.717) is 12.7 Å². The fourth-order valence-corrected chi connectivity index (χ4v) is 0.628. The third kappa shape index (κ3) is 1.79. The Labute approximate surface area is 55.9 Å². The number of carbonyl (C=O) groups excluding carboxylic acids is 1. The van der Waals surface area contributed by atoms with Gasteiger partial charge >= 0.3 is 0 Å². The van der Waals surface area contributed by atoms with Gasteiger partial charge in [0.05, 0.1) is 0 Å². The van der Waals surface area contributed by atoms with Crippen molar-refractivity contribution in [2.45, 2.75) is 32.8 Å². The van der Waals surface area contributed by atoms with Crippen molar-refractivity contribution in [2.75, 3.05) is 0 Å². The van der Waals surface area contributed by atoms with E-state index in [4.69, 9.17) is 0 Å². The molecular formula is C7H14O2. The van der Waals surface area contributed by atoms with Crippen LogP contribution in [0.5, 0.6) is 0 Å².